The third-order valence-corrected chi connectivity index (χ3v) is 3.56. The Bertz CT molecular complexity index is 255. The molecule has 13 heavy (non-hydrogen) atoms. The number of ether oxygens (including phenoxy) is 1. The summed E-state index contributed by atoms with van der Waals surface area (Å²) in [5.41, 5.74) is 2.89. The lowest BCUT2D eigenvalue weighted by Crippen LogP contribution is -2.10. The molecule has 0 bridgehead atoms. The summed E-state index contributed by atoms with van der Waals surface area (Å²) in [6.07, 6.45) is 3.58. The van der Waals surface area contributed by atoms with Crippen LogP contribution in [0.4, 0.5) is 0 Å². The molecule has 0 aliphatic heterocycles. The van der Waals surface area contributed by atoms with Crippen molar-refractivity contribution in [2.45, 2.75) is 39.2 Å². The molecule has 0 heterocycles. The number of hydrogen-bond acceptors (Lipinski definition) is 2. The molecule has 3 atom stereocenters. The van der Waals surface area contributed by atoms with Gasteiger partial charge in [-0.15, -0.1) is 0 Å². The fraction of sp³-hybridized carbons (Fsp3) is 0.727. The highest BCUT2D eigenvalue weighted by atomic mass is 16.5. The van der Waals surface area contributed by atoms with Gasteiger partial charge >= 0.3 is 0 Å². The van der Waals surface area contributed by atoms with Gasteiger partial charge in [0.15, 0.2) is 0 Å². The van der Waals surface area contributed by atoms with Gasteiger partial charge in [0.05, 0.1) is 0 Å². The zero-order chi connectivity index (χ0) is 9.42. The Morgan fingerprint density at radius 1 is 1.54 bits per heavy atom. The average Bonchev–Trinajstić information content (AvgIpc) is 2.58. The molecule has 2 aliphatic rings. The second-order valence-electron chi connectivity index (χ2n) is 4.31. The van der Waals surface area contributed by atoms with Gasteiger partial charge in [0.25, 0.3) is 6.47 Å². The Kier molecular flexibility index (Phi) is 2.14. The SMILES string of the molecule is CC1=C2C(OC=O)C[C@H](C)[C@H]2CC1. The molecule has 0 aromatic heterocycles. The number of hydrogen-bond donors (Lipinski definition) is 0. The molecule has 2 aliphatic carbocycles. The first-order chi connectivity index (χ1) is 6.24. The molecule has 0 aromatic carbocycles. The molecule has 2 nitrogen and oxygen atoms in total. The zero-order valence-electron chi connectivity index (χ0n) is 8.25. The van der Waals surface area contributed by atoms with E-state index >= 15 is 0 Å². The van der Waals surface area contributed by atoms with Crippen LogP contribution in [-0.4, -0.2) is 12.6 Å². The van der Waals surface area contributed by atoms with Gasteiger partial charge < -0.3 is 4.74 Å². The quantitative estimate of drug-likeness (QED) is 0.481. The molecule has 2 rings (SSSR count). The molecule has 0 saturated heterocycles. The molecular formula is C11H16O2. The van der Waals surface area contributed by atoms with E-state index in [-0.39, 0.29) is 6.10 Å². The second-order valence-corrected chi connectivity index (χ2v) is 4.31. The molecular weight excluding hydrogens is 164 g/mol. The lowest BCUT2D eigenvalue weighted by atomic mass is 9.96. The van der Waals surface area contributed by atoms with Crippen molar-refractivity contribution in [3.05, 3.63) is 11.1 Å². The van der Waals surface area contributed by atoms with E-state index in [1.807, 2.05) is 0 Å². The van der Waals surface area contributed by atoms with Crippen LogP contribution in [0.25, 0.3) is 0 Å². The second kappa shape index (κ2) is 3.17. The van der Waals surface area contributed by atoms with Crippen LogP contribution in [0.1, 0.15) is 33.1 Å². The highest BCUT2D eigenvalue weighted by Crippen LogP contribution is 2.47. The largest absolute Gasteiger partial charge is 0.460 e. The summed E-state index contributed by atoms with van der Waals surface area (Å²) in [7, 11) is 0. The monoisotopic (exact) mass is 180 g/mol. The maximum atomic E-state index is 10.3. The van der Waals surface area contributed by atoms with Gasteiger partial charge in [0.1, 0.15) is 6.10 Å². The summed E-state index contributed by atoms with van der Waals surface area (Å²) in [5.74, 6) is 1.39. The zero-order valence-corrected chi connectivity index (χ0v) is 8.25. The first-order valence-corrected chi connectivity index (χ1v) is 5.02. The number of carbonyl (C=O) groups is 1. The van der Waals surface area contributed by atoms with E-state index in [0.29, 0.717) is 18.3 Å². The molecule has 0 N–H and O–H groups in total. The molecule has 0 amide bonds. The smallest absolute Gasteiger partial charge is 0.293 e. The number of fused-ring (bicyclic) bond motifs is 1. The normalized spacial score (nSPS) is 37.8. The molecule has 2 heteroatoms. The third kappa shape index (κ3) is 1.28. The minimum atomic E-state index is 0.0972. The van der Waals surface area contributed by atoms with Crippen LogP contribution in [0.3, 0.4) is 0 Å². The summed E-state index contributed by atoms with van der Waals surface area (Å²) in [6.45, 7) is 5.03. The Balaban J connectivity index is 2.23. The van der Waals surface area contributed by atoms with E-state index in [1.165, 1.54) is 24.0 Å². The van der Waals surface area contributed by atoms with E-state index in [9.17, 15) is 4.79 Å². The molecule has 0 aromatic rings. The average molecular weight is 180 g/mol. The van der Waals surface area contributed by atoms with Crippen LogP contribution < -0.4 is 0 Å². The van der Waals surface area contributed by atoms with Gasteiger partial charge in [0, 0.05) is 0 Å². The van der Waals surface area contributed by atoms with Crippen molar-refractivity contribution in [3.8, 4) is 0 Å². The fourth-order valence-electron chi connectivity index (χ4n) is 2.92. The predicted molar refractivity (Wildman–Crippen MR) is 50.1 cm³/mol. The van der Waals surface area contributed by atoms with Crippen LogP contribution in [0.5, 0.6) is 0 Å². The van der Waals surface area contributed by atoms with E-state index < -0.39 is 0 Å². The van der Waals surface area contributed by atoms with E-state index in [4.69, 9.17) is 4.74 Å². The predicted octanol–water partition coefficient (Wildman–Crippen LogP) is 2.29. The first kappa shape index (κ1) is 8.79. The first-order valence-electron chi connectivity index (χ1n) is 5.02. The van der Waals surface area contributed by atoms with Gasteiger partial charge in [-0.05, 0) is 43.6 Å². The number of carbonyl (C=O) groups excluding carboxylic acids is 1. The maximum Gasteiger partial charge on any atom is 0.293 e. The van der Waals surface area contributed by atoms with Crippen LogP contribution in [0, 0.1) is 11.8 Å². The van der Waals surface area contributed by atoms with E-state index in [1.54, 1.807) is 0 Å². The summed E-state index contributed by atoms with van der Waals surface area (Å²) in [6, 6.07) is 0. The van der Waals surface area contributed by atoms with Crippen LogP contribution >= 0.6 is 0 Å². The van der Waals surface area contributed by atoms with Crippen molar-refractivity contribution in [3.63, 3.8) is 0 Å². The van der Waals surface area contributed by atoms with Crippen molar-refractivity contribution < 1.29 is 9.53 Å². The van der Waals surface area contributed by atoms with Gasteiger partial charge in [-0.3, -0.25) is 4.79 Å². The summed E-state index contributed by atoms with van der Waals surface area (Å²) in [5, 5.41) is 0. The maximum absolute atomic E-state index is 10.3. The highest BCUT2D eigenvalue weighted by molar-refractivity contribution is 5.41. The molecule has 72 valence electrons. The van der Waals surface area contributed by atoms with E-state index in [0.717, 1.165) is 6.42 Å². The number of rotatable bonds is 2. The fourth-order valence-corrected chi connectivity index (χ4v) is 2.92. The molecule has 0 radical (unpaired) electrons. The topological polar surface area (TPSA) is 26.3 Å². The summed E-state index contributed by atoms with van der Waals surface area (Å²) < 4.78 is 5.12. The minimum Gasteiger partial charge on any atom is -0.460 e. The van der Waals surface area contributed by atoms with Gasteiger partial charge in [-0.2, -0.15) is 0 Å². The van der Waals surface area contributed by atoms with Gasteiger partial charge in [0.2, 0.25) is 0 Å². The van der Waals surface area contributed by atoms with Crippen molar-refractivity contribution in [1.82, 2.24) is 0 Å². The molecule has 1 fully saturated rings. The molecule has 0 spiro atoms. The standard InChI is InChI=1S/C11H16O2/c1-7-3-4-9-8(2)5-10(11(7)9)13-6-12/h6,8-10H,3-5H2,1-2H3/t8-,9+,10?/m0/s1. The molecule has 1 unspecified atom stereocenters. The van der Waals surface area contributed by atoms with Crippen LogP contribution in [0.15, 0.2) is 11.1 Å². The molecule has 1 saturated carbocycles. The van der Waals surface area contributed by atoms with Gasteiger partial charge in [-0.25, -0.2) is 0 Å². The lowest BCUT2D eigenvalue weighted by Gasteiger charge is -2.11. The highest BCUT2D eigenvalue weighted by Gasteiger charge is 2.41. The Hall–Kier alpha value is -0.790. The Morgan fingerprint density at radius 3 is 3.00 bits per heavy atom. The lowest BCUT2D eigenvalue weighted by molar-refractivity contribution is -0.131. The van der Waals surface area contributed by atoms with Crippen molar-refractivity contribution >= 4 is 6.47 Å². The van der Waals surface area contributed by atoms with Crippen molar-refractivity contribution in [1.29, 1.82) is 0 Å². The van der Waals surface area contributed by atoms with Crippen LogP contribution in [-0.2, 0) is 9.53 Å². The van der Waals surface area contributed by atoms with Crippen molar-refractivity contribution in [2.75, 3.05) is 0 Å². The van der Waals surface area contributed by atoms with Crippen LogP contribution in [0.2, 0.25) is 0 Å². The minimum absolute atomic E-state index is 0.0972. The van der Waals surface area contributed by atoms with E-state index in [2.05, 4.69) is 13.8 Å². The third-order valence-electron chi connectivity index (χ3n) is 3.56. The summed E-state index contributed by atoms with van der Waals surface area (Å²) >= 11 is 0. The Labute approximate surface area is 79.0 Å². The van der Waals surface area contributed by atoms with Gasteiger partial charge in [-0.1, -0.05) is 12.5 Å². The van der Waals surface area contributed by atoms with Crippen molar-refractivity contribution in [2.24, 2.45) is 11.8 Å². The Morgan fingerprint density at radius 2 is 2.31 bits per heavy atom. The number of allylic oxidation sites excluding steroid dienone is 1. The summed E-state index contributed by atoms with van der Waals surface area (Å²) in [4.78, 5) is 10.3.